The Morgan fingerprint density at radius 2 is 1.67 bits per heavy atom. The van der Waals surface area contributed by atoms with Gasteiger partial charge in [-0.1, -0.05) is 41.6 Å². The van der Waals surface area contributed by atoms with E-state index < -0.39 is 0 Å². The molecule has 30 heavy (non-hydrogen) atoms. The van der Waals surface area contributed by atoms with Crippen molar-refractivity contribution in [3.63, 3.8) is 0 Å². The van der Waals surface area contributed by atoms with Gasteiger partial charge in [0.15, 0.2) is 0 Å². The normalized spacial score (nSPS) is 11.5. The number of amides is 1. The summed E-state index contributed by atoms with van der Waals surface area (Å²) >= 11 is 0. The Labute approximate surface area is 174 Å². The molecule has 0 aliphatic heterocycles. The van der Waals surface area contributed by atoms with Crippen molar-refractivity contribution in [2.45, 2.75) is 26.6 Å². The standard InChI is InChI=1S/C24H23N5O/c1-3-28-21-10-6-4-8-18(21)19-14-17(12-13-22(19)28)15-27(2)24(30)16-29-23-11-7-5-9-20(23)25-26-29/h4-14H,3,15-16H2,1-2H3. The summed E-state index contributed by atoms with van der Waals surface area (Å²) in [6.45, 7) is 3.81. The van der Waals surface area contributed by atoms with E-state index >= 15 is 0 Å². The molecule has 1 amide bonds. The summed E-state index contributed by atoms with van der Waals surface area (Å²) in [6, 6.07) is 22.6. The fraction of sp³-hybridized carbons (Fsp3) is 0.208. The first-order valence-corrected chi connectivity index (χ1v) is 10.2. The van der Waals surface area contributed by atoms with Crippen LogP contribution in [-0.4, -0.2) is 37.4 Å². The fourth-order valence-corrected chi connectivity index (χ4v) is 4.18. The third-order valence-corrected chi connectivity index (χ3v) is 5.70. The maximum absolute atomic E-state index is 12.8. The molecule has 0 saturated heterocycles. The van der Waals surface area contributed by atoms with Gasteiger partial charge in [-0.3, -0.25) is 4.79 Å². The second-order valence-electron chi connectivity index (χ2n) is 7.60. The molecule has 0 radical (unpaired) electrons. The molecule has 0 saturated carbocycles. The Kier molecular flexibility index (Phi) is 4.47. The molecule has 0 aliphatic rings. The first kappa shape index (κ1) is 18.4. The van der Waals surface area contributed by atoms with E-state index in [-0.39, 0.29) is 12.5 Å². The lowest BCUT2D eigenvalue weighted by atomic mass is 10.1. The van der Waals surface area contributed by atoms with E-state index in [1.807, 2.05) is 31.3 Å². The van der Waals surface area contributed by atoms with Crippen molar-refractivity contribution in [2.75, 3.05) is 7.05 Å². The smallest absolute Gasteiger partial charge is 0.244 e. The Hall–Kier alpha value is -3.67. The van der Waals surface area contributed by atoms with Crippen LogP contribution in [0.1, 0.15) is 12.5 Å². The monoisotopic (exact) mass is 397 g/mol. The molecule has 2 aromatic heterocycles. The molecule has 150 valence electrons. The zero-order valence-corrected chi connectivity index (χ0v) is 17.1. The molecule has 3 aromatic carbocycles. The van der Waals surface area contributed by atoms with E-state index in [2.05, 4.69) is 64.3 Å². The molecular formula is C24H23N5O. The van der Waals surface area contributed by atoms with Gasteiger partial charge in [0.05, 0.1) is 5.52 Å². The molecule has 0 unspecified atom stereocenters. The van der Waals surface area contributed by atoms with E-state index in [0.717, 1.165) is 23.1 Å². The van der Waals surface area contributed by atoms with Crippen molar-refractivity contribution in [2.24, 2.45) is 0 Å². The predicted molar refractivity (Wildman–Crippen MR) is 119 cm³/mol. The summed E-state index contributed by atoms with van der Waals surface area (Å²) in [5.41, 5.74) is 5.25. The van der Waals surface area contributed by atoms with Crippen molar-refractivity contribution >= 4 is 38.7 Å². The van der Waals surface area contributed by atoms with Crippen molar-refractivity contribution < 1.29 is 4.79 Å². The summed E-state index contributed by atoms with van der Waals surface area (Å²) < 4.78 is 3.99. The highest BCUT2D eigenvalue weighted by Gasteiger charge is 2.15. The molecule has 0 N–H and O–H groups in total. The van der Waals surface area contributed by atoms with E-state index in [1.165, 1.54) is 21.8 Å². The highest BCUT2D eigenvalue weighted by atomic mass is 16.2. The first-order valence-electron chi connectivity index (χ1n) is 10.2. The van der Waals surface area contributed by atoms with Crippen LogP contribution in [0.2, 0.25) is 0 Å². The average molecular weight is 397 g/mol. The summed E-state index contributed by atoms with van der Waals surface area (Å²) in [6.07, 6.45) is 0. The van der Waals surface area contributed by atoms with Gasteiger partial charge in [0.25, 0.3) is 0 Å². The average Bonchev–Trinajstić information content (AvgIpc) is 3.32. The number of aryl methyl sites for hydroxylation is 1. The highest BCUT2D eigenvalue weighted by molar-refractivity contribution is 6.08. The lowest BCUT2D eigenvalue weighted by Crippen LogP contribution is -2.30. The quantitative estimate of drug-likeness (QED) is 0.446. The SMILES string of the molecule is CCn1c2ccccc2c2cc(CN(C)C(=O)Cn3nnc4ccccc43)ccc21. The van der Waals surface area contributed by atoms with Gasteiger partial charge >= 0.3 is 0 Å². The maximum Gasteiger partial charge on any atom is 0.244 e. The highest BCUT2D eigenvalue weighted by Crippen LogP contribution is 2.30. The Morgan fingerprint density at radius 3 is 2.50 bits per heavy atom. The number of fused-ring (bicyclic) bond motifs is 4. The van der Waals surface area contributed by atoms with Crippen LogP contribution in [0.3, 0.4) is 0 Å². The van der Waals surface area contributed by atoms with E-state index in [9.17, 15) is 4.79 Å². The minimum absolute atomic E-state index is 0.00161. The summed E-state index contributed by atoms with van der Waals surface area (Å²) in [4.78, 5) is 14.6. The van der Waals surface area contributed by atoms with Crippen molar-refractivity contribution in [3.8, 4) is 0 Å². The third kappa shape index (κ3) is 3.01. The van der Waals surface area contributed by atoms with Crippen LogP contribution >= 0.6 is 0 Å². The van der Waals surface area contributed by atoms with E-state index in [4.69, 9.17) is 0 Å². The van der Waals surface area contributed by atoms with Gasteiger partial charge in [0, 0.05) is 41.9 Å². The number of hydrogen-bond donors (Lipinski definition) is 0. The second kappa shape index (κ2) is 7.30. The number of benzene rings is 3. The van der Waals surface area contributed by atoms with Crippen molar-refractivity contribution in [1.82, 2.24) is 24.5 Å². The molecule has 5 aromatic rings. The molecular weight excluding hydrogens is 374 g/mol. The molecule has 0 atom stereocenters. The van der Waals surface area contributed by atoms with Crippen molar-refractivity contribution in [3.05, 3.63) is 72.3 Å². The first-order chi connectivity index (χ1) is 14.7. The number of para-hydroxylation sites is 2. The lowest BCUT2D eigenvalue weighted by molar-refractivity contribution is -0.131. The van der Waals surface area contributed by atoms with Crippen LogP contribution in [0.4, 0.5) is 0 Å². The van der Waals surface area contributed by atoms with Crippen LogP contribution in [0, 0.1) is 0 Å². The predicted octanol–water partition coefficient (Wildman–Crippen LogP) is 4.22. The Balaban J connectivity index is 1.40. The zero-order valence-electron chi connectivity index (χ0n) is 17.1. The number of aromatic nitrogens is 4. The molecule has 5 rings (SSSR count). The van der Waals surface area contributed by atoms with Crippen molar-refractivity contribution in [1.29, 1.82) is 0 Å². The minimum Gasteiger partial charge on any atom is -0.341 e. The molecule has 6 nitrogen and oxygen atoms in total. The molecule has 2 heterocycles. The molecule has 0 fully saturated rings. The van der Waals surface area contributed by atoms with Gasteiger partial charge in [0.1, 0.15) is 12.1 Å². The number of carbonyl (C=O) groups excluding carboxylic acids is 1. The maximum atomic E-state index is 12.8. The lowest BCUT2D eigenvalue weighted by Gasteiger charge is -2.17. The number of likely N-dealkylation sites (N-methyl/N-ethyl adjacent to an activating group) is 1. The van der Waals surface area contributed by atoms with Crippen LogP contribution in [-0.2, 0) is 24.4 Å². The zero-order chi connectivity index (χ0) is 20.7. The minimum atomic E-state index is 0.00161. The summed E-state index contributed by atoms with van der Waals surface area (Å²) in [5.74, 6) is 0.00161. The Morgan fingerprint density at radius 1 is 0.933 bits per heavy atom. The Bertz CT molecular complexity index is 1380. The van der Waals surface area contributed by atoms with Gasteiger partial charge in [-0.05, 0) is 42.8 Å². The summed E-state index contributed by atoms with van der Waals surface area (Å²) in [5, 5.41) is 10.7. The van der Waals surface area contributed by atoms with Gasteiger partial charge < -0.3 is 9.47 Å². The summed E-state index contributed by atoms with van der Waals surface area (Å²) in [7, 11) is 1.83. The van der Waals surface area contributed by atoms with Crippen LogP contribution in [0.5, 0.6) is 0 Å². The van der Waals surface area contributed by atoms with Gasteiger partial charge in [-0.15, -0.1) is 5.10 Å². The molecule has 6 heteroatoms. The van der Waals surface area contributed by atoms with Gasteiger partial charge in [-0.2, -0.15) is 0 Å². The van der Waals surface area contributed by atoms with Gasteiger partial charge in [-0.25, -0.2) is 4.68 Å². The topological polar surface area (TPSA) is 56.0 Å². The molecule has 0 bridgehead atoms. The number of rotatable bonds is 5. The molecule has 0 aliphatic carbocycles. The van der Waals surface area contributed by atoms with Gasteiger partial charge in [0.2, 0.25) is 5.91 Å². The molecule has 0 spiro atoms. The van der Waals surface area contributed by atoms with E-state index in [1.54, 1.807) is 9.58 Å². The fourth-order valence-electron chi connectivity index (χ4n) is 4.18. The number of hydrogen-bond acceptors (Lipinski definition) is 3. The van der Waals surface area contributed by atoms with Crippen LogP contribution < -0.4 is 0 Å². The van der Waals surface area contributed by atoms with Crippen LogP contribution in [0.15, 0.2) is 66.7 Å². The second-order valence-corrected chi connectivity index (χ2v) is 7.60. The number of nitrogens with zero attached hydrogens (tertiary/aromatic N) is 5. The number of carbonyl (C=O) groups is 1. The largest absolute Gasteiger partial charge is 0.341 e. The van der Waals surface area contributed by atoms with E-state index in [0.29, 0.717) is 6.54 Å². The van der Waals surface area contributed by atoms with Crippen LogP contribution in [0.25, 0.3) is 32.8 Å². The third-order valence-electron chi connectivity index (χ3n) is 5.70.